The zero-order valence-electron chi connectivity index (χ0n) is 13.2. The molecule has 0 aliphatic rings. The van der Waals surface area contributed by atoms with Crippen LogP contribution in [-0.2, 0) is 14.2 Å². The molecule has 0 aromatic heterocycles. The van der Waals surface area contributed by atoms with Gasteiger partial charge in [0.1, 0.15) is 0 Å². The molecule has 0 atom stereocenters. The van der Waals surface area contributed by atoms with Gasteiger partial charge in [-0.2, -0.15) is 0 Å². The Bertz CT molecular complexity index is 658. The Morgan fingerprint density at radius 1 is 1.21 bits per heavy atom. The van der Waals surface area contributed by atoms with Gasteiger partial charge in [0.2, 0.25) is 0 Å². The van der Waals surface area contributed by atoms with Crippen molar-refractivity contribution in [2.45, 2.75) is 13.8 Å². The Morgan fingerprint density at radius 3 is 2.46 bits per heavy atom. The number of allylic oxidation sites excluding steroid dienone is 4. The lowest BCUT2D eigenvalue weighted by Gasteiger charge is -2.05. The fraction of sp³-hybridized carbons (Fsp3) is 0.176. The third kappa shape index (κ3) is 8.05. The lowest BCUT2D eigenvalue weighted by atomic mass is 10.1. The molecule has 7 heteroatoms. The number of hydrogen-bond donors (Lipinski definition) is 1. The smallest absolute Gasteiger partial charge is 0.449 e. The highest BCUT2D eigenvalue weighted by atomic mass is 35.5. The number of benzene rings is 1. The molecule has 1 aromatic carbocycles. The van der Waals surface area contributed by atoms with Crippen molar-refractivity contribution in [1.29, 1.82) is 0 Å². The molecule has 0 saturated carbocycles. The Hall–Kier alpha value is -2.73. The highest BCUT2D eigenvalue weighted by molar-refractivity contribution is 6.30. The lowest BCUT2D eigenvalue weighted by Crippen LogP contribution is -2.11. The van der Waals surface area contributed by atoms with Crippen LogP contribution in [0.4, 0.5) is 9.59 Å². The fourth-order valence-electron chi connectivity index (χ4n) is 1.55. The predicted molar refractivity (Wildman–Crippen MR) is 89.5 cm³/mol. The van der Waals surface area contributed by atoms with Gasteiger partial charge in [0, 0.05) is 11.1 Å². The highest BCUT2D eigenvalue weighted by Crippen LogP contribution is 2.13. The number of carbonyl (C=O) groups excluding carboxylic acids is 1. The van der Waals surface area contributed by atoms with Crippen LogP contribution in [0.15, 0.2) is 54.0 Å². The van der Waals surface area contributed by atoms with Gasteiger partial charge < -0.3 is 19.3 Å². The van der Waals surface area contributed by atoms with Crippen molar-refractivity contribution >= 4 is 30.0 Å². The minimum Gasteiger partial charge on any atom is -0.449 e. The molecule has 1 rings (SSSR count). The summed E-state index contributed by atoms with van der Waals surface area (Å²) in [5, 5.41) is 9.26. The fourth-order valence-corrected chi connectivity index (χ4v) is 1.68. The quantitative estimate of drug-likeness (QED) is 0.440. The van der Waals surface area contributed by atoms with E-state index in [-0.39, 0.29) is 6.61 Å². The average Bonchev–Trinajstić information content (AvgIpc) is 2.49. The standard InChI is InChI=1S/C17H17ClO6/c1-3-22-17(21)24-15(23-16(19)20)6-4-5-12(2)11-13-7-9-14(18)10-8-13/h4-11H,3H2,1-2H3,(H,19,20). The molecule has 0 heterocycles. The summed E-state index contributed by atoms with van der Waals surface area (Å²) in [6, 6.07) is 7.27. The molecule has 1 aromatic rings. The molecule has 0 radical (unpaired) electrons. The van der Waals surface area contributed by atoms with E-state index in [2.05, 4.69) is 14.2 Å². The molecule has 0 aliphatic carbocycles. The first kappa shape index (κ1) is 19.3. The van der Waals surface area contributed by atoms with Crippen molar-refractivity contribution in [2.75, 3.05) is 6.61 Å². The van der Waals surface area contributed by atoms with Crippen LogP contribution in [0.2, 0.25) is 5.02 Å². The van der Waals surface area contributed by atoms with Crippen molar-refractivity contribution in [1.82, 2.24) is 0 Å². The third-order valence-electron chi connectivity index (χ3n) is 2.49. The molecule has 128 valence electrons. The van der Waals surface area contributed by atoms with E-state index in [1.807, 2.05) is 25.1 Å². The van der Waals surface area contributed by atoms with Gasteiger partial charge in [0.05, 0.1) is 6.61 Å². The van der Waals surface area contributed by atoms with Gasteiger partial charge >= 0.3 is 18.3 Å². The molecule has 6 nitrogen and oxygen atoms in total. The third-order valence-corrected chi connectivity index (χ3v) is 2.74. The van der Waals surface area contributed by atoms with E-state index in [0.29, 0.717) is 5.02 Å². The van der Waals surface area contributed by atoms with Crippen molar-refractivity contribution < 1.29 is 28.9 Å². The second kappa shape index (κ2) is 10.1. The van der Waals surface area contributed by atoms with Crippen LogP contribution >= 0.6 is 11.6 Å². The number of halogens is 1. The molecule has 24 heavy (non-hydrogen) atoms. The topological polar surface area (TPSA) is 82.1 Å². The summed E-state index contributed by atoms with van der Waals surface area (Å²) < 4.78 is 13.5. The molecule has 0 spiro atoms. The maximum atomic E-state index is 11.2. The van der Waals surface area contributed by atoms with Gasteiger partial charge in [-0.1, -0.05) is 47.5 Å². The summed E-state index contributed by atoms with van der Waals surface area (Å²) in [6.45, 7) is 3.54. The molecule has 0 fully saturated rings. The Morgan fingerprint density at radius 2 is 1.88 bits per heavy atom. The van der Waals surface area contributed by atoms with E-state index < -0.39 is 18.3 Å². The van der Waals surface area contributed by atoms with Crippen LogP contribution in [0.3, 0.4) is 0 Å². The van der Waals surface area contributed by atoms with Gasteiger partial charge in [-0.15, -0.1) is 0 Å². The normalized spacial score (nSPS) is 12.1. The molecule has 0 amide bonds. The Labute approximate surface area is 144 Å². The van der Waals surface area contributed by atoms with Crippen molar-refractivity contribution in [3.63, 3.8) is 0 Å². The van der Waals surface area contributed by atoms with E-state index in [1.165, 1.54) is 12.2 Å². The van der Waals surface area contributed by atoms with Gasteiger partial charge in [0.25, 0.3) is 0 Å². The SMILES string of the molecule is CCOC(=O)OC(=CC=CC(C)=Cc1ccc(Cl)cc1)OC(=O)O. The molecular formula is C17H17ClO6. The van der Waals surface area contributed by atoms with E-state index in [4.69, 9.17) is 16.7 Å². The minimum absolute atomic E-state index is 0.0952. The number of carboxylic acid groups (broad SMARTS) is 1. The van der Waals surface area contributed by atoms with Crippen LogP contribution in [0.25, 0.3) is 6.08 Å². The first-order valence-electron chi connectivity index (χ1n) is 6.98. The molecule has 0 aliphatic heterocycles. The summed E-state index contributed by atoms with van der Waals surface area (Å²) in [5.74, 6) is -0.503. The number of carbonyl (C=O) groups is 2. The van der Waals surface area contributed by atoms with Gasteiger partial charge in [-0.25, -0.2) is 9.59 Å². The van der Waals surface area contributed by atoms with E-state index in [0.717, 1.165) is 11.1 Å². The van der Waals surface area contributed by atoms with Gasteiger partial charge in [-0.3, -0.25) is 0 Å². The van der Waals surface area contributed by atoms with Crippen molar-refractivity contribution in [3.8, 4) is 0 Å². The molecule has 1 N–H and O–H groups in total. The monoisotopic (exact) mass is 352 g/mol. The lowest BCUT2D eigenvalue weighted by molar-refractivity contribution is 0.0269. The molecule has 0 bridgehead atoms. The van der Waals surface area contributed by atoms with Crippen LogP contribution in [0, 0.1) is 0 Å². The first-order valence-corrected chi connectivity index (χ1v) is 7.36. The Kier molecular flexibility index (Phi) is 8.15. The summed E-state index contributed by atoms with van der Waals surface area (Å²) in [7, 11) is 0. The second-order valence-electron chi connectivity index (χ2n) is 4.44. The van der Waals surface area contributed by atoms with Crippen molar-refractivity contribution in [3.05, 3.63) is 64.6 Å². The van der Waals surface area contributed by atoms with Crippen molar-refractivity contribution in [2.24, 2.45) is 0 Å². The van der Waals surface area contributed by atoms with Gasteiger partial charge in [-0.05, 0) is 31.5 Å². The van der Waals surface area contributed by atoms with E-state index >= 15 is 0 Å². The maximum absolute atomic E-state index is 11.2. The van der Waals surface area contributed by atoms with E-state index in [1.54, 1.807) is 25.1 Å². The zero-order chi connectivity index (χ0) is 17.9. The highest BCUT2D eigenvalue weighted by Gasteiger charge is 2.11. The molecule has 0 saturated heterocycles. The van der Waals surface area contributed by atoms with Crippen LogP contribution in [0.1, 0.15) is 19.4 Å². The minimum atomic E-state index is -1.60. The Balaban J connectivity index is 2.78. The van der Waals surface area contributed by atoms with E-state index in [9.17, 15) is 9.59 Å². The summed E-state index contributed by atoms with van der Waals surface area (Å²) in [5.41, 5.74) is 1.83. The first-order chi connectivity index (χ1) is 11.4. The molecule has 0 unspecified atom stereocenters. The largest absolute Gasteiger partial charge is 0.516 e. The maximum Gasteiger partial charge on any atom is 0.516 e. The average molecular weight is 353 g/mol. The summed E-state index contributed by atoms with van der Waals surface area (Å²) >= 11 is 5.82. The number of rotatable bonds is 6. The van der Waals surface area contributed by atoms with Crippen LogP contribution < -0.4 is 0 Å². The molecular weight excluding hydrogens is 336 g/mol. The number of hydrogen-bond acceptors (Lipinski definition) is 5. The van der Waals surface area contributed by atoms with Crippen LogP contribution in [0.5, 0.6) is 0 Å². The summed E-state index contributed by atoms with van der Waals surface area (Å²) in [6.07, 6.45) is 3.61. The second-order valence-corrected chi connectivity index (χ2v) is 4.87. The number of ether oxygens (including phenoxy) is 3. The zero-order valence-corrected chi connectivity index (χ0v) is 13.9. The van der Waals surface area contributed by atoms with Crippen LogP contribution in [-0.4, -0.2) is 24.0 Å². The summed E-state index contributed by atoms with van der Waals surface area (Å²) in [4.78, 5) is 21.8. The van der Waals surface area contributed by atoms with Gasteiger partial charge in [0.15, 0.2) is 0 Å². The predicted octanol–water partition coefficient (Wildman–Crippen LogP) is 5.01.